The fraction of sp³-hybridized carbons (Fsp3) is 0.533. The molecule has 1 saturated carbocycles. The highest BCUT2D eigenvalue weighted by atomic mass is 35.5. The van der Waals surface area contributed by atoms with Crippen LogP contribution >= 0.6 is 23.2 Å². The topological polar surface area (TPSA) is 58.4 Å². The third-order valence-corrected chi connectivity index (χ3v) is 4.65. The maximum atomic E-state index is 12.2. The van der Waals surface area contributed by atoms with Crippen LogP contribution in [0.4, 0.5) is 5.69 Å². The van der Waals surface area contributed by atoms with Gasteiger partial charge in [-0.2, -0.15) is 0 Å². The SMILES string of the molecule is CN(CC(=O)Nc1cc(Cl)ccc1Cl)C1CCCC1CN. The van der Waals surface area contributed by atoms with Crippen LogP contribution in [0.15, 0.2) is 18.2 Å². The van der Waals surface area contributed by atoms with E-state index in [4.69, 9.17) is 28.9 Å². The van der Waals surface area contributed by atoms with Gasteiger partial charge in [-0.3, -0.25) is 9.69 Å². The van der Waals surface area contributed by atoms with Crippen molar-refractivity contribution in [3.05, 3.63) is 28.2 Å². The number of rotatable bonds is 5. The molecule has 3 N–H and O–H groups in total. The minimum Gasteiger partial charge on any atom is -0.330 e. The molecule has 2 unspecified atom stereocenters. The number of halogens is 2. The van der Waals surface area contributed by atoms with Gasteiger partial charge in [0, 0.05) is 11.1 Å². The van der Waals surface area contributed by atoms with Gasteiger partial charge < -0.3 is 11.1 Å². The second kappa shape index (κ2) is 7.45. The minimum absolute atomic E-state index is 0.0932. The zero-order valence-corrected chi connectivity index (χ0v) is 13.6. The van der Waals surface area contributed by atoms with Crippen molar-refractivity contribution >= 4 is 34.8 Å². The number of nitrogens with zero attached hydrogens (tertiary/aromatic N) is 1. The van der Waals surface area contributed by atoms with E-state index in [-0.39, 0.29) is 5.91 Å². The molecule has 2 atom stereocenters. The highest BCUT2D eigenvalue weighted by Crippen LogP contribution is 2.29. The molecular formula is C15H21Cl2N3O. The molecule has 1 fully saturated rings. The molecule has 0 bridgehead atoms. The first-order chi connectivity index (χ1) is 10.0. The Balaban J connectivity index is 1.93. The van der Waals surface area contributed by atoms with Crippen LogP contribution in [0.2, 0.25) is 10.0 Å². The number of benzene rings is 1. The molecule has 0 spiro atoms. The Hall–Kier alpha value is -0.810. The Morgan fingerprint density at radius 1 is 1.43 bits per heavy atom. The Morgan fingerprint density at radius 2 is 2.19 bits per heavy atom. The Bertz CT molecular complexity index is 510. The molecule has 0 saturated heterocycles. The number of carbonyl (C=O) groups excluding carboxylic acids is 1. The number of nitrogens with two attached hydrogens (primary N) is 1. The third-order valence-electron chi connectivity index (χ3n) is 4.08. The number of anilines is 1. The minimum atomic E-state index is -0.0932. The smallest absolute Gasteiger partial charge is 0.238 e. The van der Waals surface area contributed by atoms with Crippen LogP contribution < -0.4 is 11.1 Å². The van der Waals surface area contributed by atoms with Crippen molar-refractivity contribution in [1.82, 2.24) is 4.90 Å². The fourth-order valence-electron chi connectivity index (χ4n) is 3.00. The summed E-state index contributed by atoms with van der Waals surface area (Å²) in [6, 6.07) is 5.40. The van der Waals surface area contributed by atoms with E-state index in [1.165, 1.54) is 6.42 Å². The van der Waals surface area contributed by atoms with Crippen LogP contribution in [0.1, 0.15) is 19.3 Å². The second-order valence-corrected chi connectivity index (χ2v) is 6.43. The quantitative estimate of drug-likeness (QED) is 0.873. The zero-order valence-electron chi connectivity index (χ0n) is 12.1. The van der Waals surface area contributed by atoms with Gasteiger partial charge in [-0.25, -0.2) is 0 Å². The molecule has 1 amide bonds. The van der Waals surface area contributed by atoms with Crippen molar-refractivity contribution in [2.75, 3.05) is 25.5 Å². The van der Waals surface area contributed by atoms with Crippen molar-refractivity contribution in [3.63, 3.8) is 0 Å². The normalized spacial score (nSPS) is 21.8. The van der Waals surface area contributed by atoms with Gasteiger partial charge in [0.2, 0.25) is 5.91 Å². The predicted molar refractivity (Wildman–Crippen MR) is 87.9 cm³/mol. The van der Waals surface area contributed by atoms with Crippen LogP contribution in [0, 0.1) is 5.92 Å². The van der Waals surface area contributed by atoms with E-state index >= 15 is 0 Å². The summed E-state index contributed by atoms with van der Waals surface area (Å²) in [6.07, 6.45) is 3.43. The highest BCUT2D eigenvalue weighted by Gasteiger charge is 2.30. The van der Waals surface area contributed by atoms with E-state index in [1.54, 1.807) is 18.2 Å². The molecule has 1 aliphatic rings. The average molecular weight is 330 g/mol. The van der Waals surface area contributed by atoms with E-state index < -0.39 is 0 Å². The van der Waals surface area contributed by atoms with Crippen LogP contribution in [0.5, 0.6) is 0 Å². The lowest BCUT2D eigenvalue weighted by atomic mass is 10.0. The van der Waals surface area contributed by atoms with Gasteiger partial charge in [-0.05, 0) is 50.6 Å². The summed E-state index contributed by atoms with van der Waals surface area (Å²) in [5.74, 6) is 0.391. The number of hydrogen-bond donors (Lipinski definition) is 2. The van der Waals surface area contributed by atoms with Crippen molar-refractivity contribution in [2.24, 2.45) is 11.7 Å². The fourth-order valence-corrected chi connectivity index (χ4v) is 3.34. The molecule has 0 heterocycles. The zero-order chi connectivity index (χ0) is 15.4. The van der Waals surface area contributed by atoms with Gasteiger partial charge >= 0.3 is 0 Å². The monoisotopic (exact) mass is 329 g/mol. The van der Waals surface area contributed by atoms with E-state index in [1.807, 2.05) is 7.05 Å². The highest BCUT2D eigenvalue weighted by molar-refractivity contribution is 6.35. The van der Waals surface area contributed by atoms with Crippen LogP contribution in [-0.4, -0.2) is 37.0 Å². The first-order valence-electron chi connectivity index (χ1n) is 7.16. The van der Waals surface area contributed by atoms with E-state index in [9.17, 15) is 4.79 Å². The number of carbonyl (C=O) groups is 1. The van der Waals surface area contributed by atoms with Gasteiger partial charge in [-0.1, -0.05) is 29.6 Å². The number of hydrogen-bond acceptors (Lipinski definition) is 3. The van der Waals surface area contributed by atoms with Gasteiger partial charge in [0.15, 0.2) is 0 Å². The number of likely N-dealkylation sites (N-methyl/N-ethyl adjacent to an activating group) is 1. The predicted octanol–water partition coefficient (Wildman–Crippen LogP) is 2.99. The van der Waals surface area contributed by atoms with Gasteiger partial charge in [0.1, 0.15) is 0 Å². The standard InChI is InChI=1S/C15H21Cl2N3O/c1-20(14-4-2-3-10(14)8-18)9-15(21)19-13-7-11(16)5-6-12(13)17/h5-7,10,14H,2-4,8-9,18H2,1H3,(H,19,21). The summed E-state index contributed by atoms with van der Waals surface area (Å²) in [4.78, 5) is 14.2. The lowest BCUT2D eigenvalue weighted by Crippen LogP contribution is -2.41. The number of amides is 1. The van der Waals surface area contributed by atoms with Crippen LogP contribution in [-0.2, 0) is 4.79 Å². The first kappa shape index (κ1) is 16.6. The summed E-state index contributed by atoms with van der Waals surface area (Å²) in [5.41, 5.74) is 6.34. The molecular weight excluding hydrogens is 309 g/mol. The van der Waals surface area contributed by atoms with Crippen LogP contribution in [0.3, 0.4) is 0 Å². The Morgan fingerprint density at radius 3 is 2.90 bits per heavy atom. The lowest BCUT2D eigenvalue weighted by Gasteiger charge is -2.28. The molecule has 4 nitrogen and oxygen atoms in total. The molecule has 6 heteroatoms. The summed E-state index contributed by atoms with van der Waals surface area (Å²) >= 11 is 12.0. The summed E-state index contributed by atoms with van der Waals surface area (Å²) in [6.45, 7) is 1.00. The van der Waals surface area contributed by atoms with Crippen LogP contribution in [0.25, 0.3) is 0 Å². The summed E-state index contributed by atoms with van der Waals surface area (Å²) in [5, 5.41) is 3.84. The molecule has 1 aliphatic carbocycles. The maximum Gasteiger partial charge on any atom is 0.238 e. The molecule has 116 valence electrons. The van der Waals surface area contributed by atoms with E-state index in [0.29, 0.717) is 40.8 Å². The van der Waals surface area contributed by atoms with Gasteiger partial charge in [0.05, 0.1) is 17.3 Å². The van der Waals surface area contributed by atoms with Crippen molar-refractivity contribution < 1.29 is 4.79 Å². The Kier molecular flexibility index (Phi) is 5.88. The molecule has 0 aromatic heterocycles. The average Bonchev–Trinajstić information content (AvgIpc) is 2.91. The number of nitrogens with one attached hydrogen (secondary N) is 1. The van der Waals surface area contributed by atoms with Crippen molar-refractivity contribution in [2.45, 2.75) is 25.3 Å². The van der Waals surface area contributed by atoms with E-state index in [2.05, 4.69) is 10.2 Å². The van der Waals surface area contributed by atoms with Crippen molar-refractivity contribution in [1.29, 1.82) is 0 Å². The van der Waals surface area contributed by atoms with Gasteiger partial charge in [-0.15, -0.1) is 0 Å². The maximum absolute atomic E-state index is 12.2. The molecule has 1 aromatic carbocycles. The first-order valence-corrected chi connectivity index (χ1v) is 7.92. The summed E-state index contributed by atoms with van der Waals surface area (Å²) in [7, 11) is 1.97. The largest absolute Gasteiger partial charge is 0.330 e. The molecule has 1 aromatic rings. The molecule has 2 rings (SSSR count). The molecule has 21 heavy (non-hydrogen) atoms. The molecule has 0 aliphatic heterocycles. The lowest BCUT2D eigenvalue weighted by molar-refractivity contribution is -0.117. The summed E-state index contributed by atoms with van der Waals surface area (Å²) < 4.78 is 0. The molecule has 0 radical (unpaired) electrons. The van der Waals surface area contributed by atoms with Gasteiger partial charge in [0.25, 0.3) is 0 Å². The second-order valence-electron chi connectivity index (χ2n) is 5.58. The third kappa shape index (κ3) is 4.33. The Labute approximate surface area is 135 Å². The van der Waals surface area contributed by atoms with E-state index in [0.717, 1.165) is 12.8 Å². The van der Waals surface area contributed by atoms with Crippen molar-refractivity contribution in [3.8, 4) is 0 Å².